The topological polar surface area (TPSA) is 15.5 Å². The smallest absolute Gasteiger partial charge is 0.170 e. The van der Waals surface area contributed by atoms with Gasteiger partial charge in [0.05, 0.1) is 0 Å². The van der Waals surface area contributed by atoms with Crippen LogP contribution in [0.25, 0.3) is 0 Å². The third kappa shape index (κ3) is 0.849. The third-order valence-corrected chi connectivity index (χ3v) is 5.57. The molecule has 0 bridgehead atoms. The first-order chi connectivity index (χ1) is 6.32. The fourth-order valence-electron chi connectivity index (χ4n) is 3.49. The Morgan fingerprint density at radius 2 is 1.86 bits per heavy atom. The number of hydroxylamine groups is 2. The van der Waals surface area contributed by atoms with Crippen LogP contribution in [-0.4, -0.2) is 17.8 Å². The van der Waals surface area contributed by atoms with E-state index in [0.717, 1.165) is 5.92 Å². The molecule has 2 aliphatic rings. The van der Waals surface area contributed by atoms with Crippen LogP contribution < -0.4 is 0 Å². The Morgan fingerprint density at radius 1 is 1.36 bits per heavy atom. The van der Waals surface area contributed by atoms with Crippen molar-refractivity contribution in [3.05, 3.63) is 0 Å². The molecule has 0 aromatic rings. The Balaban J connectivity index is 2.42. The Morgan fingerprint density at radius 3 is 2.14 bits per heavy atom. The summed E-state index contributed by atoms with van der Waals surface area (Å²) in [6.07, 6.45) is 2.37. The predicted octanol–water partition coefficient (Wildman–Crippen LogP) is 3.04. The van der Waals surface area contributed by atoms with E-state index in [1.165, 1.54) is 12.8 Å². The molecule has 0 aromatic carbocycles. The third-order valence-electron chi connectivity index (χ3n) is 5.57. The predicted molar refractivity (Wildman–Crippen MR) is 57.5 cm³/mol. The first kappa shape index (κ1) is 10.4. The Bertz CT molecular complexity index is 263. The van der Waals surface area contributed by atoms with Gasteiger partial charge in [0.25, 0.3) is 0 Å². The quantitative estimate of drug-likeness (QED) is 0.600. The van der Waals surface area contributed by atoms with E-state index >= 15 is 0 Å². The van der Waals surface area contributed by atoms with E-state index in [0.29, 0.717) is 5.41 Å². The van der Waals surface area contributed by atoms with Gasteiger partial charge in [0.15, 0.2) is 5.72 Å². The van der Waals surface area contributed by atoms with Gasteiger partial charge in [0, 0.05) is 12.5 Å². The first-order valence-corrected chi connectivity index (χ1v) is 5.75. The van der Waals surface area contributed by atoms with Crippen molar-refractivity contribution in [3.63, 3.8) is 0 Å². The van der Waals surface area contributed by atoms with Gasteiger partial charge >= 0.3 is 0 Å². The summed E-state index contributed by atoms with van der Waals surface area (Å²) in [4.78, 5) is 5.81. The highest BCUT2D eigenvalue weighted by Gasteiger charge is 2.74. The lowest BCUT2D eigenvalue weighted by molar-refractivity contribution is 0.0367. The summed E-state index contributed by atoms with van der Waals surface area (Å²) in [6.45, 7) is 11.8. The lowest BCUT2D eigenvalue weighted by atomic mass is 9.63. The maximum Gasteiger partial charge on any atom is 0.170 e. The molecule has 82 valence electrons. The summed E-state index contributed by atoms with van der Waals surface area (Å²) in [5.74, 6) is 0.734. The molecule has 1 spiro atoms. The molecule has 1 aliphatic heterocycles. The van der Waals surface area contributed by atoms with Crippen LogP contribution in [0.15, 0.2) is 0 Å². The van der Waals surface area contributed by atoms with Crippen LogP contribution in [0.5, 0.6) is 0 Å². The van der Waals surface area contributed by atoms with Crippen LogP contribution in [-0.2, 0) is 4.84 Å². The summed E-state index contributed by atoms with van der Waals surface area (Å²) in [5.41, 5.74) is 0.700. The fourth-order valence-corrected chi connectivity index (χ4v) is 3.49. The zero-order chi connectivity index (χ0) is 10.8. The van der Waals surface area contributed by atoms with Gasteiger partial charge in [0.2, 0.25) is 0 Å². The standard InChI is InChI=1S/C12H23NO/c1-7-11(5)10(3,4)9(2)8-12(11)13(6)14-12/h9H,7-8H2,1-6H3. The second kappa shape index (κ2) is 2.53. The Hall–Kier alpha value is -0.0800. The summed E-state index contributed by atoms with van der Waals surface area (Å²) >= 11 is 0. The molecule has 2 fully saturated rings. The highest BCUT2D eigenvalue weighted by atomic mass is 16.9. The average Bonchev–Trinajstić information content (AvgIpc) is 2.72. The van der Waals surface area contributed by atoms with Gasteiger partial charge in [-0.2, -0.15) is 5.06 Å². The van der Waals surface area contributed by atoms with Gasteiger partial charge in [-0.25, -0.2) is 0 Å². The molecule has 0 N–H and O–H groups in total. The number of nitrogens with zero attached hydrogens (tertiary/aromatic N) is 1. The molecule has 1 saturated carbocycles. The highest BCUT2D eigenvalue weighted by Crippen LogP contribution is 2.69. The molecule has 2 heteroatoms. The number of hydrogen-bond acceptors (Lipinski definition) is 2. The zero-order valence-electron chi connectivity index (χ0n) is 10.3. The van der Waals surface area contributed by atoms with E-state index in [9.17, 15) is 0 Å². The van der Waals surface area contributed by atoms with Crippen LogP contribution >= 0.6 is 0 Å². The van der Waals surface area contributed by atoms with E-state index in [1.54, 1.807) is 0 Å². The second-order valence-corrected chi connectivity index (χ2v) is 5.89. The maximum atomic E-state index is 5.81. The largest absolute Gasteiger partial charge is 0.271 e. The molecule has 0 radical (unpaired) electrons. The van der Waals surface area contributed by atoms with Crippen molar-refractivity contribution in [2.45, 2.75) is 53.2 Å². The van der Waals surface area contributed by atoms with Gasteiger partial charge in [0.1, 0.15) is 0 Å². The SMILES string of the molecule is CCC1(C)C(C)(C)C(C)CC12ON2C. The van der Waals surface area contributed by atoms with Crippen LogP contribution in [0.2, 0.25) is 0 Å². The summed E-state index contributed by atoms with van der Waals surface area (Å²) < 4.78 is 0. The lowest BCUT2D eigenvalue weighted by Crippen LogP contribution is -2.42. The van der Waals surface area contributed by atoms with Crippen molar-refractivity contribution >= 4 is 0 Å². The molecule has 14 heavy (non-hydrogen) atoms. The van der Waals surface area contributed by atoms with Crippen LogP contribution in [0.4, 0.5) is 0 Å². The minimum atomic E-state index is 0.0463. The molecule has 4 unspecified atom stereocenters. The number of rotatable bonds is 1. The Kier molecular flexibility index (Phi) is 1.89. The second-order valence-electron chi connectivity index (χ2n) is 5.89. The van der Waals surface area contributed by atoms with E-state index < -0.39 is 0 Å². The lowest BCUT2D eigenvalue weighted by Gasteiger charge is -2.41. The van der Waals surface area contributed by atoms with Crippen LogP contribution in [0.3, 0.4) is 0 Å². The van der Waals surface area contributed by atoms with E-state index in [2.05, 4.69) is 46.7 Å². The molecule has 0 aromatic heterocycles. The molecule has 2 nitrogen and oxygen atoms in total. The molecular weight excluding hydrogens is 174 g/mol. The van der Waals surface area contributed by atoms with E-state index in [1.807, 2.05) is 0 Å². The molecule has 1 aliphatic carbocycles. The zero-order valence-corrected chi connectivity index (χ0v) is 10.3. The van der Waals surface area contributed by atoms with Crippen LogP contribution in [0.1, 0.15) is 47.5 Å². The van der Waals surface area contributed by atoms with Gasteiger partial charge < -0.3 is 0 Å². The molecule has 0 amide bonds. The van der Waals surface area contributed by atoms with E-state index in [4.69, 9.17) is 4.84 Å². The van der Waals surface area contributed by atoms with Crippen molar-refractivity contribution in [3.8, 4) is 0 Å². The summed E-state index contributed by atoms with van der Waals surface area (Å²) in [7, 11) is 2.07. The van der Waals surface area contributed by atoms with Crippen LogP contribution in [0, 0.1) is 16.7 Å². The molecule has 1 heterocycles. The molecule has 2 rings (SSSR count). The average molecular weight is 197 g/mol. The summed E-state index contributed by atoms with van der Waals surface area (Å²) in [5, 5.41) is 2.07. The fraction of sp³-hybridized carbons (Fsp3) is 1.00. The van der Waals surface area contributed by atoms with E-state index in [-0.39, 0.29) is 11.1 Å². The first-order valence-electron chi connectivity index (χ1n) is 5.75. The molecule has 1 saturated heterocycles. The number of hydrogen-bond donors (Lipinski definition) is 0. The molecule has 4 atom stereocenters. The highest BCUT2D eigenvalue weighted by molar-refractivity contribution is 5.15. The van der Waals surface area contributed by atoms with Gasteiger partial charge in [-0.3, -0.25) is 4.84 Å². The van der Waals surface area contributed by atoms with Gasteiger partial charge in [-0.15, -0.1) is 0 Å². The monoisotopic (exact) mass is 197 g/mol. The maximum absolute atomic E-state index is 5.81. The summed E-state index contributed by atoms with van der Waals surface area (Å²) in [6, 6.07) is 0. The normalized spacial score (nSPS) is 55.3. The van der Waals surface area contributed by atoms with Gasteiger partial charge in [-0.1, -0.05) is 34.6 Å². The minimum absolute atomic E-state index is 0.0463. The molecular formula is C12H23NO. The Labute approximate surface area is 87.6 Å². The minimum Gasteiger partial charge on any atom is -0.271 e. The van der Waals surface area contributed by atoms with Crippen molar-refractivity contribution in [2.24, 2.45) is 16.7 Å². The van der Waals surface area contributed by atoms with Gasteiger partial charge in [-0.05, 0) is 24.2 Å². The van der Waals surface area contributed by atoms with Crippen molar-refractivity contribution in [1.82, 2.24) is 5.06 Å². The van der Waals surface area contributed by atoms with Crippen molar-refractivity contribution in [2.75, 3.05) is 7.05 Å². The van der Waals surface area contributed by atoms with Crippen molar-refractivity contribution in [1.29, 1.82) is 0 Å². The van der Waals surface area contributed by atoms with Crippen molar-refractivity contribution < 1.29 is 4.84 Å².